The summed E-state index contributed by atoms with van der Waals surface area (Å²) in [5, 5.41) is 2.75. The van der Waals surface area contributed by atoms with Crippen LogP contribution in [0.1, 0.15) is 25.7 Å². The molecule has 1 saturated carbocycles. The van der Waals surface area contributed by atoms with E-state index in [-0.39, 0.29) is 17.9 Å². The molecule has 5 heteroatoms. The molecular weight excluding hydrogens is 194 g/mol. The van der Waals surface area contributed by atoms with Crippen molar-refractivity contribution in [3.05, 3.63) is 0 Å². The number of amides is 2. The van der Waals surface area contributed by atoms with Gasteiger partial charge in [-0.2, -0.15) is 0 Å². The lowest BCUT2D eigenvalue weighted by Crippen LogP contribution is -2.55. The van der Waals surface area contributed by atoms with E-state index in [1.165, 1.54) is 0 Å². The minimum Gasteiger partial charge on any atom is -0.344 e. The number of nitrogens with zero attached hydrogens (tertiary/aromatic N) is 1. The van der Waals surface area contributed by atoms with Crippen molar-refractivity contribution in [2.24, 2.45) is 5.73 Å². The topological polar surface area (TPSA) is 75.4 Å². The number of hydrogen-bond acceptors (Lipinski definition) is 3. The lowest BCUT2D eigenvalue weighted by molar-refractivity contribution is -0.138. The van der Waals surface area contributed by atoms with E-state index in [1.54, 1.807) is 11.9 Å². The van der Waals surface area contributed by atoms with E-state index >= 15 is 0 Å². The van der Waals surface area contributed by atoms with Crippen molar-refractivity contribution < 1.29 is 9.59 Å². The predicted octanol–water partition coefficient (Wildman–Crippen LogP) is -0.785. The van der Waals surface area contributed by atoms with Gasteiger partial charge in [-0.1, -0.05) is 0 Å². The van der Waals surface area contributed by atoms with Crippen molar-refractivity contribution in [1.82, 2.24) is 10.2 Å². The van der Waals surface area contributed by atoms with Gasteiger partial charge in [-0.05, 0) is 25.7 Å². The Morgan fingerprint density at radius 1 is 1.60 bits per heavy atom. The summed E-state index contributed by atoms with van der Waals surface area (Å²) in [6.07, 6.45) is 3.13. The van der Waals surface area contributed by atoms with Crippen LogP contribution in [0.5, 0.6) is 0 Å². The van der Waals surface area contributed by atoms with Gasteiger partial charge in [0.05, 0.1) is 5.54 Å². The molecule has 1 aliphatic carbocycles. The first-order valence-corrected chi connectivity index (χ1v) is 5.38. The third-order valence-corrected chi connectivity index (χ3v) is 3.21. The molecule has 1 saturated heterocycles. The molecule has 2 amide bonds. The molecule has 1 heterocycles. The summed E-state index contributed by atoms with van der Waals surface area (Å²) in [6.45, 7) is 0.777. The van der Waals surface area contributed by atoms with E-state index in [0.29, 0.717) is 0 Å². The Morgan fingerprint density at radius 2 is 2.27 bits per heavy atom. The zero-order valence-electron chi connectivity index (χ0n) is 8.95. The summed E-state index contributed by atoms with van der Waals surface area (Å²) in [5.41, 5.74) is 5.07. The van der Waals surface area contributed by atoms with Gasteiger partial charge in [-0.25, -0.2) is 0 Å². The molecule has 0 aromatic carbocycles. The van der Waals surface area contributed by atoms with Crippen LogP contribution in [0.2, 0.25) is 0 Å². The zero-order chi connectivity index (χ0) is 11.1. The van der Waals surface area contributed by atoms with Crippen molar-refractivity contribution in [1.29, 1.82) is 0 Å². The van der Waals surface area contributed by atoms with Crippen molar-refractivity contribution in [3.8, 4) is 0 Å². The van der Waals surface area contributed by atoms with Crippen LogP contribution in [-0.4, -0.2) is 41.9 Å². The highest BCUT2D eigenvalue weighted by Crippen LogP contribution is 2.32. The summed E-state index contributed by atoms with van der Waals surface area (Å²) < 4.78 is 0. The number of rotatable bonds is 2. The number of carbonyl (C=O) groups is 2. The molecule has 2 aliphatic rings. The number of hydrogen-bond donors (Lipinski definition) is 2. The molecule has 1 atom stereocenters. The minimum absolute atomic E-state index is 0.00106. The van der Waals surface area contributed by atoms with Crippen molar-refractivity contribution in [2.75, 3.05) is 13.6 Å². The minimum atomic E-state index is -0.684. The quantitative estimate of drug-likeness (QED) is 0.629. The fourth-order valence-electron chi connectivity index (χ4n) is 1.83. The third-order valence-electron chi connectivity index (χ3n) is 3.21. The van der Waals surface area contributed by atoms with Crippen LogP contribution in [0.4, 0.5) is 0 Å². The van der Waals surface area contributed by atoms with Crippen LogP contribution in [-0.2, 0) is 9.59 Å². The molecule has 1 unspecified atom stereocenters. The molecule has 0 aromatic rings. The van der Waals surface area contributed by atoms with Crippen molar-refractivity contribution in [2.45, 2.75) is 37.3 Å². The van der Waals surface area contributed by atoms with E-state index in [1.807, 2.05) is 0 Å². The van der Waals surface area contributed by atoms with E-state index in [4.69, 9.17) is 5.73 Å². The lowest BCUT2D eigenvalue weighted by atomic mass is 10.0. The summed E-state index contributed by atoms with van der Waals surface area (Å²) in [7, 11) is 1.76. The maximum Gasteiger partial charge on any atom is 0.244 e. The number of nitrogens with two attached hydrogens (primary N) is 1. The molecular formula is C10H17N3O2. The Bertz CT molecular complexity index is 299. The second kappa shape index (κ2) is 3.48. The Balaban J connectivity index is 1.93. The van der Waals surface area contributed by atoms with Gasteiger partial charge < -0.3 is 16.0 Å². The average molecular weight is 211 g/mol. The van der Waals surface area contributed by atoms with Crippen LogP contribution in [0.25, 0.3) is 0 Å². The van der Waals surface area contributed by atoms with Gasteiger partial charge in [0.15, 0.2) is 0 Å². The maximum atomic E-state index is 11.7. The largest absolute Gasteiger partial charge is 0.344 e. The molecule has 84 valence electrons. The highest BCUT2D eigenvalue weighted by Gasteiger charge is 2.47. The number of nitrogens with one attached hydrogen (secondary N) is 1. The molecule has 2 rings (SSSR count). The lowest BCUT2D eigenvalue weighted by Gasteiger charge is -2.30. The normalized spacial score (nSPS) is 28.8. The number of likely N-dealkylation sites (N-methyl/N-ethyl adjacent to an activating group) is 1. The Kier molecular flexibility index (Phi) is 2.42. The first kappa shape index (κ1) is 10.4. The maximum absolute atomic E-state index is 11.7. The Labute approximate surface area is 89.0 Å². The van der Waals surface area contributed by atoms with Gasteiger partial charge in [-0.15, -0.1) is 0 Å². The number of carbonyl (C=O) groups excluding carboxylic acids is 2. The molecule has 0 bridgehead atoms. The van der Waals surface area contributed by atoms with E-state index in [0.717, 1.165) is 32.2 Å². The fraction of sp³-hybridized carbons (Fsp3) is 0.800. The van der Waals surface area contributed by atoms with Crippen molar-refractivity contribution >= 4 is 11.8 Å². The van der Waals surface area contributed by atoms with E-state index in [9.17, 15) is 9.59 Å². The van der Waals surface area contributed by atoms with Crippen molar-refractivity contribution in [3.63, 3.8) is 0 Å². The second-order valence-electron chi connectivity index (χ2n) is 4.58. The highest BCUT2D eigenvalue weighted by atomic mass is 16.2. The molecule has 15 heavy (non-hydrogen) atoms. The van der Waals surface area contributed by atoms with Crippen LogP contribution in [0, 0.1) is 0 Å². The SMILES string of the molecule is CN1CCCC(NC(=O)C2(N)CC2)C1=O. The number of piperidine rings is 1. The smallest absolute Gasteiger partial charge is 0.244 e. The first-order chi connectivity index (χ1) is 7.03. The van der Waals surface area contributed by atoms with Crippen LogP contribution < -0.4 is 11.1 Å². The number of likely N-dealkylation sites (tertiary alicyclic amines) is 1. The highest BCUT2D eigenvalue weighted by molar-refractivity contribution is 5.93. The van der Waals surface area contributed by atoms with Crippen LogP contribution in [0.3, 0.4) is 0 Å². The standard InChI is InChI=1S/C10H17N3O2/c1-13-6-2-3-7(8(13)14)12-9(15)10(11)4-5-10/h7H,2-6,11H2,1H3,(H,12,15). The zero-order valence-corrected chi connectivity index (χ0v) is 8.95. The molecule has 5 nitrogen and oxygen atoms in total. The summed E-state index contributed by atoms with van der Waals surface area (Å²) in [4.78, 5) is 25.0. The van der Waals surface area contributed by atoms with Gasteiger partial charge in [0.1, 0.15) is 6.04 Å². The van der Waals surface area contributed by atoms with Gasteiger partial charge in [0.2, 0.25) is 11.8 Å². The monoisotopic (exact) mass is 211 g/mol. The molecule has 2 fully saturated rings. The van der Waals surface area contributed by atoms with E-state index in [2.05, 4.69) is 5.32 Å². The molecule has 1 aliphatic heterocycles. The molecule has 3 N–H and O–H groups in total. The summed E-state index contributed by atoms with van der Waals surface area (Å²) in [6, 6.07) is -0.364. The Hall–Kier alpha value is -1.10. The van der Waals surface area contributed by atoms with Gasteiger partial charge >= 0.3 is 0 Å². The summed E-state index contributed by atoms with van der Waals surface area (Å²) in [5.74, 6) is -0.171. The van der Waals surface area contributed by atoms with Gasteiger partial charge in [0, 0.05) is 13.6 Å². The first-order valence-electron chi connectivity index (χ1n) is 5.38. The molecule has 0 spiro atoms. The van der Waals surface area contributed by atoms with Gasteiger partial charge in [-0.3, -0.25) is 9.59 Å². The molecule has 0 radical (unpaired) electrons. The predicted molar refractivity (Wildman–Crippen MR) is 55.0 cm³/mol. The molecule has 0 aromatic heterocycles. The van der Waals surface area contributed by atoms with Crippen LogP contribution >= 0.6 is 0 Å². The average Bonchev–Trinajstić information content (AvgIpc) is 2.93. The van der Waals surface area contributed by atoms with Gasteiger partial charge in [0.25, 0.3) is 0 Å². The Morgan fingerprint density at radius 3 is 2.87 bits per heavy atom. The second-order valence-corrected chi connectivity index (χ2v) is 4.58. The van der Waals surface area contributed by atoms with E-state index < -0.39 is 5.54 Å². The third kappa shape index (κ3) is 1.97. The summed E-state index contributed by atoms with van der Waals surface area (Å²) >= 11 is 0. The van der Waals surface area contributed by atoms with Crippen LogP contribution in [0.15, 0.2) is 0 Å². The fourth-order valence-corrected chi connectivity index (χ4v) is 1.83.